The van der Waals surface area contributed by atoms with Gasteiger partial charge in [-0.2, -0.15) is 0 Å². The number of carbonyl (C=O) groups is 3. The molecule has 3 heterocycles. The molecule has 2 aromatic carbocycles. The van der Waals surface area contributed by atoms with Crippen molar-refractivity contribution >= 4 is 28.7 Å². The second-order valence-electron chi connectivity index (χ2n) is 10.2. The van der Waals surface area contributed by atoms with Gasteiger partial charge in [-0.05, 0) is 36.5 Å². The van der Waals surface area contributed by atoms with Gasteiger partial charge in [0.2, 0.25) is 11.8 Å². The van der Waals surface area contributed by atoms with Crippen molar-refractivity contribution in [1.29, 1.82) is 0 Å². The van der Waals surface area contributed by atoms with Crippen LogP contribution >= 0.6 is 0 Å². The summed E-state index contributed by atoms with van der Waals surface area (Å²) in [6.07, 6.45) is 2.37. The van der Waals surface area contributed by atoms with E-state index in [9.17, 15) is 19.5 Å². The molecule has 2 saturated heterocycles. The van der Waals surface area contributed by atoms with Gasteiger partial charge in [0.15, 0.2) is 0 Å². The van der Waals surface area contributed by atoms with Gasteiger partial charge in [0.05, 0.1) is 18.6 Å². The van der Waals surface area contributed by atoms with Crippen LogP contribution < -0.4 is 0 Å². The summed E-state index contributed by atoms with van der Waals surface area (Å²) in [7, 11) is 0. The third kappa shape index (κ3) is 5.04. The van der Waals surface area contributed by atoms with Crippen molar-refractivity contribution in [2.45, 2.75) is 58.4 Å². The van der Waals surface area contributed by atoms with E-state index in [0.717, 1.165) is 40.6 Å². The molecule has 0 unspecified atom stereocenters. The fraction of sp³-hybridized carbons (Fsp3) is 0.414. The Hall–Kier alpha value is -3.69. The monoisotopic (exact) mass is 517 g/mol. The van der Waals surface area contributed by atoms with Gasteiger partial charge in [0, 0.05) is 37.6 Å². The van der Waals surface area contributed by atoms with E-state index in [0.29, 0.717) is 19.6 Å². The highest BCUT2D eigenvalue weighted by Gasteiger charge is 2.49. The Morgan fingerprint density at radius 1 is 1.08 bits per heavy atom. The van der Waals surface area contributed by atoms with E-state index < -0.39 is 12.0 Å². The minimum absolute atomic E-state index is 0.0890. The van der Waals surface area contributed by atoms with Crippen LogP contribution in [-0.4, -0.2) is 79.5 Å². The Labute approximate surface area is 222 Å². The molecule has 0 bridgehead atoms. The van der Waals surface area contributed by atoms with Gasteiger partial charge in [0.25, 0.3) is 0 Å². The van der Waals surface area contributed by atoms with Crippen molar-refractivity contribution < 1.29 is 19.5 Å². The number of amides is 2. The van der Waals surface area contributed by atoms with Crippen molar-refractivity contribution in [1.82, 2.24) is 24.8 Å². The Balaban J connectivity index is 1.52. The Kier molecular flexibility index (Phi) is 7.49. The van der Waals surface area contributed by atoms with Crippen LogP contribution in [0.4, 0.5) is 0 Å². The lowest BCUT2D eigenvalue weighted by Gasteiger charge is -2.55. The molecule has 2 amide bonds. The van der Waals surface area contributed by atoms with Crippen molar-refractivity contribution in [2.75, 3.05) is 19.6 Å². The number of aryl methyl sites for hydroxylation is 1. The maximum atomic E-state index is 13.9. The molecule has 5 rings (SSSR count). The number of nitrogens with zero attached hydrogens (tertiary/aromatic N) is 4. The minimum atomic E-state index is -0.976. The number of benzene rings is 2. The normalized spacial score (nSPS) is 20.8. The standard InChI is InChI=1S/C29H35N5O4/c1-3-14-32-19-26(35)34-24(12-13-27(36)37)29(38)31(17-22-10-7-11-23-20(2)15-30-28(22)23)18-25(34)33(32)16-21-8-5-4-6-9-21/h4-11,15,24-25,30H,3,12-14,16-19H2,1-2H3,(H,36,37)/t24-,25+/m0/s1. The van der Waals surface area contributed by atoms with Crippen LogP contribution in [0.2, 0.25) is 0 Å². The number of hydrogen-bond acceptors (Lipinski definition) is 5. The number of rotatable bonds is 9. The van der Waals surface area contributed by atoms with Gasteiger partial charge < -0.3 is 19.9 Å². The van der Waals surface area contributed by atoms with Gasteiger partial charge in [-0.3, -0.25) is 14.4 Å². The average molecular weight is 518 g/mol. The van der Waals surface area contributed by atoms with Crippen LogP contribution in [0.15, 0.2) is 54.7 Å². The molecule has 9 heteroatoms. The van der Waals surface area contributed by atoms with Crippen LogP contribution in [0.25, 0.3) is 10.9 Å². The smallest absolute Gasteiger partial charge is 0.303 e. The number of aliphatic carboxylic acids is 1. The van der Waals surface area contributed by atoms with E-state index in [4.69, 9.17) is 0 Å². The van der Waals surface area contributed by atoms with E-state index >= 15 is 0 Å². The summed E-state index contributed by atoms with van der Waals surface area (Å²) in [6, 6.07) is 15.4. The largest absolute Gasteiger partial charge is 0.481 e. The number of hydrogen-bond donors (Lipinski definition) is 2. The number of fused-ring (bicyclic) bond motifs is 2. The van der Waals surface area contributed by atoms with E-state index in [1.54, 1.807) is 9.80 Å². The highest BCUT2D eigenvalue weighted by molar-refractivity contribution is 5.91. The summed E-state index contributed by atoms with van der Waals surface area (Å²) in [6.45, 7) is 6.35. The topological polar surface area (TPSA) is 100 Å². The first-order chi connectivity index (χ1) is 18.4. The molecule has 3 aromatic rings. The molecule has 9 nitrogen and oxygen atoms in total. The van der Waals surface area contributed by atoms with Crippen molar-refractivity contribution in [3.05, 3.63) is 71.4 Å². The average Bonchev–Trinajstić information content (AvgIpc) is 3.28. The molecular weight excluding hydrogens is 482 g/mol. The Bertz CT molecular complexity index is 1320. The number of carbonyl (C=O) groups excluding carboxylic acids is 2. The number of piperazine rings is 1. The molecule has 2 fully saturated rings. The molecular formula is C29H35N5O4. The zero-order valence-electron chi connectivity index (χ0n) is 22.0. The summed E-state index contributed by atoms with van der Waals surface area (Å²) in [5.74, 6) is -1.30. The molecule has 38 heavy (non-hydrogen) atoms. The Morgan fingerprint density at radius 2 is 1.87 bits per heavy atom. The second-order valence-corrected chi connectivity index (χ2v) is 10.2. The maximum absolute atomic E-state index is 13.9. The first kappa shape index (κ1) is 25.9. The molecule has 2 aliphatic heterocycles. The molecule has 2 atom stereocenters. The van der Waals surface area contributed by atoms with Crippen LogP contribution in [-0.2, 0) is 27.5 Å². The van der Waals surface area contributed by atoms with Gasteiger partial charge in [-0.15, -0.1) is 0 Å². The molecule has 200 valence electrons. The predicted molar refractivity (Wildman–Crippen MR) is 144 cm³/mol. The van der Waals surface area contributed by atoms with Gasteiger partial charge >= 0.3 is 5.97 Å². The zero-order valence-corrected chi connectivity index (χ0v) is 22.0. The zero-order chi connectivity index (χ0) is 26.8. The van der Waals surface area contributed by atoms with E-state index in [1.807, 2.05) is 43.5 Å². The molecule has 0 spiro atoms. The van der Waals surface area contributed by atoms with E-state index in [-0.39, 0.29) is 37.4 Å². The third-order valence-corrected chi connectivity index (χ3v) is 7.62. The lowest BCUT2D eigenvalue weighted by Crippen LogP contribution is -2.74. The summed E-state index contributed by atoms with van der Waals surface area (Å²) in [5.41, 5.74) is 4.24. The third-order valence-electron chi connectivity index (χ3n) is 7.62. The molecule has 0 saturated carbocycles. The number of para-hydroxylation sites is 1. The number of nitrogens with one attached hydrogen (secondary N) is 1. The van der Waals surface area contributed by atoms with E-state index in [1.165, 1.54) is 0 Å². The maximum Gasteiger partial charge on any atom is 0.303 e. The highest BCUT2D eigenvalue weighted by atomic mass is 16.4. The number of hydrazine groups is 1. The number of carboxylic acids is 1. The van der Waals surface area contributed by atoms with Crippen LogP contribution in [0.5, 0.6) is 0 Å². The van der Waals surface area contributed by atoms with Crippen LogP contribution in [0.1, 0.15) is 42.9 Å². The van der Waals surface area contributed by atoms with Gasteiger partial charge in [-0.1, -0.05) is 55.5 Å². The highest BCUT2D eigenvalue weighted by Crippen LogP contribution is 2.31. The van der Waals surface area contributed by atoms with Gasteiger partial charge in [0.1, 0.15) is 12.2 Å². The summed E-state index contributed by atoms with van der Waals surface area (Å²) >= 11 is 0. The van der Waals surface area contributed by atoms with Crippen molar-refractivity contribution in [3.63, 3.8) is 0 Å². The minimum Gasteiger partial charge on any atom is -0.481 e. The summed E-state index contributed by atoms with van der Waals surface area (Å²) in [4.78, 5) is 45.7. The Morgan fingerprint density at radius 3 is 2.61 bits per heavy atom. The number of aromatic amines is 1. The fourth-order valence-corrected chi connectivity index (χ4v) is 5.81. The first-order valence-corrected chi connectivity index (χ1v) is 13.3. The van der Waals surface area contributed by atoms with Crippen LogP contribution in [0, 0.1) is 6.92 Å². The molecule has 0 radical (unpaired) electrons. The fourth-order valence-electron chi connectivity index (χ4n) is 5.81. The van der Waals surface area contributed by atoms with Crippen LogP contribution in [0.3, 0.4) is 0 Å². The molecule has 0 aliphatic carbocycles. The van der Waals surface area contributed by atoms with Gasteiger partial charge in [-0.25, -0.2) is 10.0 Å². The summed E-state index contributed by atoms with van der Waals surface area (Å²) < 4.78 is 0. The molecule has 2 N–H and O–H groups in total. The van der Waals surface area contributed by atoms with Crippen molar-refractivity contribution in [2.24, 2.45) is 0 Å². The lowest BCUT2D eigenvalue weighted by atomic mass is 10.00. The number of aromatic nitrogens is 1. The SMILES string of the molecule is CCCN1CC(=O)N2[C@@H](CCC(=O)O)C(=O)N(Cc3cccc4c(C)c[nH]c34)C[C@@H]2N1Cc1ccccc1. The van der Waals surface area contributed by atoms with Crippen molar-refractivity contribution in [3.8, 4) is 0 Å². The predicted octanol–water partition coefficient (Wildman–Crippen LogP) is 3.35. The number of H-pyrrole nitrogens is 1. The lowest BCUT2D eigenvalue weighted by molar-refractivity contribution is -0.207. The molecule has 1 aromatic heterocycles. The summed E-state index contributed by atoms with van der Waals surface area (Å²) in [5, 5.41) is 14.8. The first-order valence-electron chi connectivity index (χ1n) is 13.3. The second kappa shape index (κ2) is 11.0. The van der Waals surface area contributed by atoms with E-state index in [2.05, 4.69) is 40.1 Å². The quantitative estimate of drug-likeness (QED) is 0.452. The molecule has 2 aliphatic rings. The number of carboxylic acid groups (broad SMARTS) is 1.